The number of carbonyl (C=O) groups excluding carboxylic acids is 1. The second-order valence-electron chi connectivity index (χ2n) is 7.04. The number of anilines is 1. The van der Waals surface area contributed by atoms with Crippen LogP contribution in [0.5, 0.6) is 5.75 Å². The van der Waals surface area contributed by atoms with Gasteiger partial charge in [-0.25, -0.2) is 0 Å². The van der Waals surface area contributed by atoms with Crippen LogP contribution in [0, 0.1) is 0 Å². The van der Waals surface area contributed by atoms with Gasteiger partial charge < -0.3 is 15.8 Å². The van der Waals surface area contributed by atoms with E-state index in [0.717, 1.165) is 30.1 Å². The Bertz CT molecular complexity index is 767. The molecule has 7 heteroatoms. The summed E-state index contributed by atoms with van der Waals surface area (Å²) in [6, 6.07) is 16.0. The molecule has 5 nitrogen and oxygen atoms in total. The van der Waals surface area contributed by atoms with Crippen molar-refractivity contribution in [1.82, 2.24) is 10.2 Å². The lowest BCUT2D eigenvalue weighted by Gasteiger charge is -2.28. The molecule has 160 valence electrons. The largest absolute Gasteiger partial charge is 0.497 e. The number of nitrogens with two attached hydrogens (primary N) is 1. The van der Waals surface area contributed by atoms with Gasteiger partial charge in [0.1, 0.15) is 5.75 Å². The molecule has 0 bridgehead atoms. The molecule has 0 spiro atoms. The van der Waals surface area contributed by atoms with E-state index in [2.05, 4.69) is 22.3 Å². The normalized spacial score (nSPS) is 14.4. The predicted octanol–water partition coefficient (Wildman–Crippen LogP) is 4.01. The molecule has 0 aliphatic carbocycles. The molecule has 0 aromatic heterocycles. The first kappa shape index (κ1) is 25.1. The summed E-state index contributed by atoms with van der Waals surface area (Å²) in [6.45, 7) is 2.74. The molecule has 29 heavy (non-hydrogen) atoms. The van der Waals surface area contributed by atoms with Gasteiger partial charge >= 0.3 is 0 Å². The number of aryl methyl sites for hydroxylation is 1. The fourth-order valence-electron chi connectivity index (χ4n) is 3.67. The number of nitrogens with zero attached hydrogens (tertiary/aromatic N) is 1. The third-order valence-corrected chi connectivity index (χ3v) is 5.23. The van der Waals surface area contributed by atoms with Gasteiger partial charge in [-0.2, -0.15) is 0 Å². The van der Waals surface area contributed by atoms with Crippen LogP contribution in [0.4, 0.5) is 5.69 Å². The number of ether oxygens (including phenoxy) is 1. The van der Waals surface area contributed by atoms with Crippen molar-refractivity contribution >= 4 is 36.4 Å². The van der Waals surface area contributed by atoms with Crippen molar-refractivity contribution in [2.24, 2.45) is 0 Å². The first-order valence-electron chi connectivity index (χ1n) is 9.65. The third-order valence-electron chi connectivity index (χ3n) is 5.23. The lowest BCUT2D eigenvalue weighted by molar-refractivity contribution is -0.121. The predicted molar refractivity (Wildman–Crippen MR) is 123 cm³/mol. The number of rotatable bonds is 8. The first-order valence-corrected chi connectivity index (χ1v) is 9.65. The molecule has 3 N–H and O–H groups in total. The second kappa shape index (κ2) is 12.6. The summed E-state index contributed by atoms with van der Waals surface area (Å²) < 4.78 is 5.37. The van der Waals surface area contributed by atoms with Gasteiger partial charge in [-0.3, -0.25) is 9.69 Å². The van der Waals surface area contributed by atoms with Crippen molar-refractivity contribution in [2.75, 3.05) is 32.5 Å². The number of hydrogen-bond acceptors (Lipinski definition) is 4. The SMILES string of the molecule is COc1cccc(C(CNC(=O)CCc2ccccc2N)N2CCCC2)c1.Cl.Cl. The van der Waals surface area contributed by atoms with Crippen LogP contribution in [0.25, 0.3) is 0 Å². The van der Waals surface area contributed by atoms with Crippen LogP contribution in [-0.4, -0.2) is 37.6 Å². The molecule has 1 heterocycles. The lowest BCUT2D eigenvalue weighted by Crippen LogP contribution is -2.36. The number of hydrogen-bond donors (Lipinski definition) is 2. The molecule has 1 aliphatic rings. The highest BCUT2D eigenvalue weighted by Crippen LogP contribution is 2.27. The number of amides is 1. The van der Waals surface area contributed by atoms with Gasteiger partial charge in [0, 0.05) is 18.7 Å². The van der Waals surface area contributed by atoms with Crippen molar-refractivity contribution in [3.63, 3.8) is 0 Å². The van der Waals surface area contributed by atoms with Crippen LogP contribution < -0.4 is 15.8 Å². The van der Waals surface area contributed by atoms with E-state index < -0.39 is 0 Å². The zero-order chi connectivity index (χ0) is 19.1. The van der Waals surface area contributed by atoms with E-state index in [1.54, 1.807) is 7.11 Å². The van der Waals surface area contributed by atoms with E-state index in [1.807, 2.05) is 36.4 Å². The molecule has 1 aliphatic heterocycles. The van der Waals surface area contributed by atoms with Gasteiger partial charge in [-0.1, -0.05) is 30.3 Å². The highest BCUT2D eigenvalue weighted by Gasteiger charge is 2.24. The Morgan fingerprint density at radius 3 is 2.55 bits per heavy atom. The number of benzene rings is 2. The fraction of sp³-hybridized carbons (Fsp3) is 0.409. The third kappa shape index (κ3) is 7.11. The minimum atomic E-state index is 0. The Balaban J connectivity index is 0.00000210. The summed E-state index contributed by atoms with van der Waals surface area (Å²) in [7, 11) is 1.68. The van der Waals surface area contributed by atoms with E-state index in [1.165, 1.54) is 18.4 Å². The zero-order valence-electron chi connectivity index (χ0n) is 16.8. The van der Waals surface area contributed by atoms with Crippen LogP contribution in [-0.2, 0) is 11.2 Å². The molecule has 2 aromatic carbocycles. The Labute approximate surface area is 185 Å². The van der Waals surface area contributed by atoms with Crippen molar-refractivity contribution in [2.45, 2.75) is 31.7 Å². The number of para-hydroxylation sites is 1. The average Bonchev–Trinajstić information content (AvgIpc) is 3.22. The Hall–Kier alpha value is -1.95. The molecule has 1 atom stereocenters. The number of methoxy groups -OCH3 is 1. The Morgan fingerprint density at radius 2 is 1.86 bits per heavy atom. The van der Waals surface area contributed by atoms with E-state index in [4.69, 9.17) is 10.5 Å². The van der Waals surface area contributed by atoms with E-state index in [-0.39, 0.29) is 36.8 Å². The summed E-state index contributed by atoms with van der Waals surface area (Å²) in [5, 5.41) is 3.12. The lowest BCUT2D eigenvalue weighted by atomic mass is 10.0. The van der Waals surface area contributed by atoms with Crippen molar-refractivity contribution < 1.29 is 9.53 Å². The monoisotopic (exact) mass is 439 g/mol. The van der Waals surface area contributed by atoms with Crippen molar-refractivity contribution in [1.29, 1.82) is 0 Å². The van der Waals surface area contributed by atoms with Gasteiger partial charge in [0.15, 0.2) is 0 Å². The fourth-order valence-corrected chi connectivity index (χ4v) is 3.67. The first-order chi connectivity index (χ1) is 13.2. The molecule has 0 radical (unpaired) electrons. The molecule has 1 amide bonds. The van der Waals surface area contributed by atoms with Gasteiger partial charge in [-0.15, -0.1) is 24.8 Å². The van der Waals surface area contributed by atoms with Gasteiger partial charge in [0.05, 0.1) is 13.2 Å². The van der Waals surface area contributed by atoms with Crippen LogP contribution in [0.15, 0.2) is 48.5 Å². The molecule has 3 rings (SSSR count). The van der Waals surface area contributed by atoms with Gasteiger partial charge in [0.2, 0.25) is 5.91 Å². The summed E-state index contributed by atoms with van der Waals surface area (Å²) in [6.07, 6.45) is 3.52. The Kier molecular flexibility index (Phi) is 10.9. The van der Waals surface area contributed by atoms with Gasteiger partial charge in [-0.05, 0) is 61.7 Å². The standard InChI is InChI=1S/C22H29N3O2.2ClH/c1-27-19-9-6-8-18(15-19)21(25-13-4-5-14-25)16-24-22(26)12-11-17-7-2-3-10-20(17)23;;/h2-3,6-10,15,21H,4-5,11-14,16,23H2,1H3,(H,24,26);2*1H. The summed E-state index contributed by atoms with van der Waals surface area (Å²) in [4.78, 5) is 14.9. The molecular formula is C22H31Cl2N3O2. The minimum Gasteiger partial charge on any atom is -0.497 e. The average molecular weight is 440 g/mol. The smallest absolute Gasteiger partial charge is 0.220 e. The number of carbonyl (C=O) groups is 1. The topological polar surface area (TPSA) is 67.6 Å². The second-order valence-corrected chi connectivity index (χ2v) is 7.04. The summed E-state index contributed by atoms with van der Waals surface area (Å²) >= 11 is 0. The molecular weight excluding hydrogens is 409 g/mol. The molecule has 1 unspecified atom stereocenters. The number of nitrogens with one attached hydrogen (secondary N) is 1. The highest BCUT2D eigenvalue weighted by molar-refractivity contribution is 5.85. The van der Waals surface area contributed by atoms with E-state index in [0.29, 0.717) is 19.4 Å². The van der Waals surface area contributed by atoms with E-state index in [9.17, 15) is 4.79 Å². The molecule has 2 aromatic rings. The minimum absolute atomic E-state index is 0. The number of halogens is 2. The maximum atomic E-state index is 12.4. The summed E-state index contributed by atoms with van der Waals surface area (Å²) in [5.41, 5.74) is 8.92. The van der Waals surface area contributed by atoms with Crippen LogP contribution in [0.3, 0.4) is 0 Å². The van der Waals surface area contributed by atoms with E-state index >= 15 is 0 Å². The maximum absolute atomic E-state index is 12.4. The molecule has 1 fully saturated rings. The van der Waals surface area contributed by atoms with Crippen molar-refractivity contribution in [3.8, 4) is 5.75 Å². The van der Waals surface area contributed by atoms with Crippen LogP contribution in [0.1, 0.15) is 36.4 Å². The number of nitrogen functional groups attached to an aromatic ring is 1. The van der Waals surface area contributed by atoms with Crippen molar-refractivity contribution in [3.05, 3.63) is 59.7 Å². The number of likely N-dealkylation sites (tertiary alicyclic amines) is 1. The molecule has 1 saturated heterocycles. The van der Waals surface area contributed by atoms with Gasteiger partial charge in [0.25, 0.3) is 0 Å². The van der Waals surface area contributed by atoms with Crippen LogP contribution >= 0.6 is 24.8 Å². The quantitative estimate of drug-likeness (QED) is 0.609. The zero-order valence-corrected chi connectivity index (χ0v) is 18.4. The summed E-state index contributed by atoms with van der Waals surface area (Å²) in [5.74, 6) is 0.910. The van der Waals surface area contributed by atoms with Crippen LogP contribution in [0.2, 0.25) is 0 Å². The molecule has 0 saturated carbocycles. The highest BCUT2D eigenvalue weighted by atomic mass is 35.5. The Morgan fingerprint density at radius 1 is 1.14 bits per heavy atom. The maximum Gasteiger partial charge on any atom is 0.220 e.